The highest BCUT2D eigenvalue weighted by atomic mass is 16.5. The first-order chi connectivity index (χ1) is 10.5. The van der Waals surface area contributed by atoms with E-state index in [0.717, 1.165) is 17.0 Å². The van der Waals surface area contributed by atoms with Crippen LogP contribution in [0.1, 0.15) is 47.4 Å². The molecule has 3 heterocycles. The number of carbonyl (C=O) groups excluding carboxylic acids is 1. The summed E-state index contributed by atoms with van der Waals surface area (Å²) in [6.07, 6.45) is 4.23. The number of carbonyl (C=O) groups is 1. The van der Waals surface area contributed by atoms with Crippen LogP contribution in [-0.4, -0.2) is 43.7 Å². The van der Waals surface area contributed by atoms with Crippen LogP contribution in [0.25, 0.3) is 0 Å². The Morgan fingerprint density at radius 3 is 3.00 bits per heavy atom. The summed E-state index contributed by atoms with van der Waals surface area (Å²) in [4.78, 5) is 18.4. The first-order valence-electron chi connectivity index (χ1n) is 7.40. The number of hydrogen-bond donors (Lipinski definition) is 1. The number of fused-ring (bicyclic) bond motifs is 1. The van der Waals surface area contributed by atoms with Crippen LogP contribution in [0.3, 0.4) is 0 Å². The minimum Gasteiger partial charge on any atom is -0.369 e. The average Bonchev–Trinajstić information content (AvgIpc) is 3.05. The molecule has 2 atom stereocenters. The third-order valence-electron chi connectivity index (χ3n) is 4.10. The van der Waals surface area contributed by atoms with E-state index in [1.54, 1.807) is 24.5 Å². The van der Waals surface area contributed by atoms with Gasteiger partial charge in [0.15, 0.2) is 5.69 Å². The van der Waals surface area contributed by atoms with E-state index in [9.17, 15) is 4.79 Å². The summed E-state index contributed by atoms with van der Waals surface area (Å²) in [6, 6.07) is 0. The van der Waals surface area contributed by atoms with Crippen molar-refractivity contribution in [1.29, 1.82) is 0 Å². The second kappa shape index (κ2) is 5.57. The summed E-state index contributed by atoms with van der Waals surface area (Å²) in [5.41, 5.74) is 3.37. The first-order valence-corrected chi connectivity index (χ1v) is 7.40. The van der Waals surface area contributed by atoms with Crippen LogP contribution >= 0.6 is 0 Å². The van der Waals surface area contributed by atoms with E-state index in [2.05, 4.69) is 15.2 Å². The van der Waals surface area contributed by atoms with E-state index in [-0.39, 0.29) is 18.1 Å². The maximum atomic E-state index is 12.7. The van der Waals surface area contributed by atoms with E-state index in [4.69, 9.17) is 4.74 Å². The Balaban J connectivity index is 1.82. The molecule has 0 aliphatic carbocycles. The number of hydrogen-bond acceptors (Lipinski definition) is 4. The van der Waals surface area contributed by atoms with Crippen LogP contribution in [0, 0.1) is 0 Å². The number of H-pyrrole nitrogens is 1. The van der Waals surface area contributed by atoms with Gasteiger partial charge in [-0.05, 0) is 13.8 Å². The van der Waals surface area contributed by atoms with Gasteiger partial charge < -0.3 is 14.2 Å². The summed E-state index contributed by atoms with van der Waals surface area (Å²) < 4.78 is 7.66. The van der Waals surface area contributed by atoms with Crippen molar-refractivity contribution in [2.45, 2.75) is 39.0 Å². The molecular formula is C15H21N5O2. The average molecular weight is 303 g/mol. The van der Waals surface area contributed by atoms with Crippen LogP contribution in [0.4, 0.5) is 0 Å². The fourth-order valence-corrected chi connectivity index (χ4v) is 2.88. The largest absolute Gasteiger partial charge is 0.369 e. The number of rotatable bonds is 3. The van der Waals surface area contributed by atoms with Gasteiger partial charge in [0.2, 0.25) is 0 Å². The standard InChI is InChI=1S/C15H21N5O2/c1-9-5-12-13(10(2)22-9)17-18-14(12)15(21)19(3)7-11-6-16-8-20(11)4/h6,8-10H,5,7H2,1-4H3,(H,17,18)/t9-,10+/m1/s1. The van der Waals surface area contributed by atoms with Crippen molar-refractivity contribution in [2.24, 2.45) is 7.05 Å². The topological polar surface area (TPSA) is 76.0 Å². The Morgan fingerprint density at radius 2 is 2.32 bits per heavy atom. The lowest BCUT2D eigenvalue weighted by atomic mass is 9.99. The van der Waals surface area contributed by atoms with Crippen molar-refractivity contribution in [3.8, 4) is 0 Å². The number of ether oxygens (including phenoxy) is 1. The van der Waals surface area contributed by atoms with Crippen molar-refractivity contribution < 1.29 is 9.53 Å². The summed E-state index contributed by atoms with van der Waals surface area (Å²) in [6.45, 7) is 4.49. The lowest BCUT2D eigenvalue weighted by Crippen LogP contribution is -2.30. The maximum Gasteiger partial charge on any atom is 0.274 e. The van der Waals surface area contributed by atoms with E-state index in [1.807, 2.05) is 25.5 Å². The Kier molecular flexibility index (Phi) is 3.74. The zero-order valence-corrected chi connectivity index (χ0v) is 13.3. The molecule has 0 aromatic carbocycles. The van der Waals surface area contributed by atoms with Gasteiger partial charge in [-0.15, -0.1) is 0 Å². The molecule has 0 bridgehead atoms. The fraction of sp³-hybridized carbons (Fsp3) is 0.533. The minimum atomic E-state index is -0.0833. The highest BCUT2D eigenvalue weighted by molar-refractivity contribution is 5.93. The third-order valence-corrected chi connectivity index (χ3v) is 4.10. The molecule has 0 spiro atoms. The smallest absolute Gasteiger partial charge is 0.274 e. The summed E-state index contributed by atoms with van der Waals surface area (Å²) in [5, 5.41) is 7.20. The monoisotopic (exact) mass is 303 g/mol. The number of amides is 1. The molecule has 7 nitrogen and oxygen atoms in total. The van der Waals surface area contributed by atoms with Gasteiger partial charge in [-0.3, -0.25) is 9.89 Å². The molecule has 0 saturated heterocycles. The molecule has 2 aromatic rings. The Hall–Kier alpha value is -2.15. The van der Waals surface area contributed by atoms with Gasteiger partial charge >= 0.3 is 0 Å². The van der Waals surface area contributed by atoms with Crippen molar-refractivity contribution in [1.82, 2.24) is 24.6 Å². The summed E-state index contributed by atoms with van der Waals surface area (Å²) >= 11 is 0. The molecule has 1 amide bonds. The molecule has 1 aliphatic heterocycles. The lowest BCUT2D eigenvalue weighted by molar-refractivity contribution is -0.00701. The number of imidazole rings is 1. The van der Waals surface area contributed by atoms with Crippen molar-refractivity contribution in [2.75, 3.05) is 7.05 Å². The maximum absolute atomic E-state index is 12.7. The molecule has 0 radical (unpaired) electrons. The van der Waals surface area contributed by atoms with Crippen LogP contribution in [0.15, 0.2) is 12.5 Å². The van der Waals surface area contributed by atoms with Crippen LogP contribution < -0.4 is 0 Å². The molecule has 118 valence electrons. The zero-order valence-electron chi connectivity index (χ0n) is 13.3. The molecule has 0 unspecified atom stereocenters. The lowest BCUT2D eigenvalue weighted by Gasteiger charge is -2.25. The van der Waals surface area contributed by atoms with Gasteiger partial charge in [0.25, 0.3) is 5.91 Å². The molecule has 3 rings (SSSR count). The highest BCUT2D eigenvalue weighted by Crippen LogP contribution is 2.30. The predicted molar refractivity (Wildman–Crippen MR) is 80.3 cm³/mol. The van der Waals surface area contributed by atoms with Crippen LogP contribution in [0.5, 0.6) is 0 Å². The van der Waals surface area contributed by atoms with Gasteiger partial charge in [0, 0.05) is 32.3 Å². The predicted octanol–water partition coefficient (Wildman–Crippen LogP) is 1.44. The van der Waals surface area contributed by atoms with Gasteiger partial charge in [0.05, 0.1) is 36.5 Å². The normalized spacial score (nSPS) is 20.7. The Morgan fingerprint density at radius 1 is 1.55 bits per heavy atom. The fourth-order valence-electron chi connectivity index (χ4n) is 2.88. The van der Waals surface area contributed by atoms with Gasteiger partial charge in [-0.1, -0.05) is 0 Å². The molecule has 7 heteroatoms. The van der Waals surface area contributed by atoms with Crippen molar-refractivity contribution >= 4 is 5.91 Å². The third kappa shape index (κ3) is 2.52. The summed E-state index contributed by atoms with van der Waals surface area (Å²) in [5.74, 6) is -0.0833. The van der Waals surface area contributed by atoms with E-state index >= 15 is 0 Å². The van der Waals surface area contributed by atoms with Gasteiger partial charge in [-0.25, -0.2) is 4.98 Å². The number of nitrogens with zero attached hydrogens (tertiary/aromatic N) is 4. The van der Waals surface area contributed by atoms with E-state index in [0.29, 0.717) is 18.7 Å². The second-order valence-corrected chi connectivity index (χ2v) is 5.91. The van der Waals surface area contributed by atoms with Crippen molar-refractivity contribution in [3.63, 3.8) is 0 Å². The van der Waals surface area contributed by atoms with Crippen LogP contribution in [-0.2, 0) is 24.8 Å². The Labute approximate surface area is 129 Å². The number of aryl methyl sites for hydroxylation is 1. The molecular weight excluding hydrogens is 282 g/mol. The van der Waals surface area contributed by atoms with Crippen molar-refractivity contribution in [3.05, 3.63) is 35.2 Å². The number of aromatic amines is 1. The van der Waals surface area contributed by atoms with E-state index < -0.39 is 0 Å². The molecule has 0 fully saturated rings. The second-order valence-electron chi connectivity index (χ2n) is 5.91. The molecule has 22 heavy (non-hydrogen) atoms. The molecule has 0 saturated carbocycles. The Bertz CT molecular complexity index is 690. The summed E-state index contributed by atoms with van der Waals surface area (Å²) in [7, 11) is 3.69. The van der Waals surface area contributed by atoms with Gasteiger partial charge in [0.1, 0.15) is 0 Å². The minimum absolute atomic E-state index is 0.0600. The SMILES string of the molecule is C[C@@H]1Cc2c(C(=O)N(C)Cc3cncn3C)n[nH]c2[C@H](C)O1. The van der Waals surface area contributed by atoms with Gasteiger partial charge in [-0.2, -0.15) is 5.10 Å². The zero-order chi connectivity index (χ0) is 15.9. The number of aromatic nitrogens is 4. The van der Waals surface area contributed by atoms with E-state index in [1.165, 1.54) is 0 Å². The quantitative estimate of drug-likeness (QED) is 0.931. The molecule has 1 aliphatic rings. The molecule has 1 N–H and O–H groups in total. The van der Waals surface area contributed by atoms with Crippen LogP contribution in [0.2, 0.25) is 0 Å². The first kappa shape index (κ1) is 14.8. The number of nitrogens with one attached hydrogen (secondary N) is 1. The molecule has 2 aromatic heterocycles. The highest BCUT2D eigenvalue weighted by Gasteiger charge is 2.30.